The number of aromatic hydroxyl groups is 1. The molecule has 3 aromatic rings. The number of benzene rings is 1. The van der Waals surface area contributed by atoms with Gasteiger partial charge in [-0.05, 0) is 18.2 Å². The quantitative estimate of drug-likeness (QED) is 0.671. The van der Waals surface area contributed by atoms with Crippen molar-refractivity contribution < 1.29 is 5.11 Å². The normalized spacial score (nSPS) is 10.7. The minimum absolute atomic E-state index is 0.310. The van der Waals surface area contributed by atoms with Gasteiger partial charge in [0.05, 0.1) is 11.9 Å². The van der Waals surface area contributed by atoms with Crippen molar-refractivity contribution in [1.29, 1.82) is 0 Å². The van der Waals surface area contributed by atoms with E-state index in [9.17, 15) is 5.11 Å². The zero-order valence-corrected chi connectivity index (χ0v) is 11.5. The summed E-state index contributed by atoms with van der Waals surface area (Å²) in [6.07, 6.45) is 5.36. The van der Waals surface area contributed by atoms with Crippen molar-refractivity contribution in [2.24, 2.45) is 0 Å². The molecule has 0 bridgehead atoms. The zero-order valence-electron chi connectivity index (χ0n) is 11.5. The van der Waals surface area contributed by atoms with Gasteiger partial charge in [-0.3, -0.25) is 10.1 Å². The molecule has 0 aliphatic rings. The van der Waals surface area contributed by atoms with Gasteiger partial charge in [0.2, 0.25) is 0 Å². The van der Waals surface area contributed by atoms with Crippen molar-refractivity contribution in [2.45, 2.75) is 13.1 Å². The second kappa shape index (κ2) is 6.19. The lowest BCUT2D eigenvalue weighted by Gasteiger charge is -2.07. The first-order valence-corrected chi connectivity index (χ1v) is 6.75. The van der Waals surface area contributed by atoms with E-state index >= 15 is 0 Å². The predicted molar refractivity (Wildman–Crippen MR) is 80.5 cm³/mol. The van der Waals surface area contributed by atoms with Crippen molar-refractivity contribution in [3.63, 3.8) is 0 Å². The second-order valence-electron chi connectivity index (χ2n) is 4.74. The van der Waals surface area contributed by atoms with Gasteiger partial charge in [-0.1, -0.05) is 18.2 Å². The van der Waals surface area contributed by atoms with Crippen molar-refractivity contribution in [2.75, 3.05) is 0 Å². The Morgan fingerprint density at radius 2 is 1.86 bits per heavy atom. The van der Waals surface area contributed by atoms with E-state index < -0.39 is 0 Å². The molecule has 0 saturated heterocycles. The molecule has 2 heterocycles. The third-order valence-electron chi connectivity index (χ3n) is 3.29. The largest absolute Gasteiger partial charge is 0.508 e. The number of hydrogen-bond donors (Lipinski definition) is 3. The molecule has 0 radical (unpaired) electrons. The molecule has 0 unspecified atom stereocenters. The summed E-state index contributed by atoms with van der Waals surface area (Å²) in [6, 6.07) is 11.2. The fourth-order valence-electron chi connectivity index (χ4n) is 2.20. The van der Waals surface area contributed by atoms with Crippen LogP contribution in [-0.4, -0.2) is 20.3 Å². The molecule has 5 nitrogen and oxygen atoms in total. The molecule has 0 atom stereocenters. The Hall–Kier alpha value is -2.66. The monoisotopic (exact) mass is 280 g/mol. The van der Waals surface area contributed by atoms with Crippen LogP contribution in [0.4, 0.5) is 0 Å². The van der Waals surface area contributed by atoms with E-state index in [0.717, 1.165) is 22.4 Å². The highest BCUT2D eigenvalue weighted by Crippen LogP contribution is 2.20. The number of rotatable bonds is 5. The highest BCUT2D eigenvalue weighted by atomic mass is 16.3. The molecule has 0 spiro atoms. The van der Waals surface area contributed by atoms with Crippen molar-refractivity contribution >= 4 is 0 Å². The smallest absolute Gasteiger partial charge is 0.120 e. The SMILES string of the molecule is Oc1ccccc1CNCc1cn[nH]c1-c1cccnc1. The predicted octanol–water partition coefficient (Wildman–Crippen LogP) is 2.47. The molecule has 0 amide bonds. The minimum atomic E-state index is 0.310. The highest BCUT2D eigenvalue weighted by molar-refractivity contribution is 5.61. The van der Waals surface area contributed by atoms with Crippen molar-refractivity contribution in [3.05, 3.63) is 66.1 Å². The summed E-state index contributed by atoms with van der Waals surface area (Å²) in [5.74, 6) is 0.310. The molecule has 106 valence electrons. The maximum atomic E-state index is 9.73. The lowest BCUT2D eigenvalue weighted by Crippen LogP contribution is -2.12. The number of phenolic OH excluding ortho intramolecular Hbond substituents is 1. The molecule has 5 heteroatoms. The minimum Gasteiger partial charge on any atom is -0.508 e. The van der Waals surface area contributed by atoms with E-state index in [1.54, 1.807) is 24.7 Å². The lowest BCUT2D eigenvalue weighted by atomic mass is 10.1. The van der Waals surface area contributed by atoms with E-state index in [1.807, 2.05) is 30.3 Å². The maximum absolute atomic E-state index is 9.73. The molecule has 0 fully saturated rings. The number of phenols is 1. The van der Waals surface area contributed by atoms with E-state index in [4.69, 9.17) is 0 Å². The Bertz CT molecular complexity index is 709. The van der Waals surface area contributed by atoms with Crippen molar-refractivity contribution in [3.8, 4) is 17.0 Å². The average molecular weight is 280 g/mol. The fourth-order valence-corrected chi connectivity index (χ4v) is 2.20. The Morgan fingerprint density at radius 1 is 1.00 bits per heavy atom. The number of nitrogens with zero attached hydrogens (tertiary/aromatic N) is 2. The summed E-state index contributed by atoms with van der Waals surface area (Å²) in [7, 11) is 0. The van der Waals surface area contributed by atoms with Gasteiger partial charge < -0.3 is 10.4 Å². The van der Waals surface area contributed by atoms with E-state index in [-0.39, 0.29) is 0 Å². The first-order valence-electron chi connectivity index (χ1n) is 6.75. The highest BCUT2D eigenvalue weighted by Gasteiger charge is 2.07. The molecule has 0 saturated carbocycles. The Kier molecular flexibility index (Phi) is 3.93. The Morgan fingerprint density at radius 3 is 2.67 bits per heavy atom. The first kappa shape index (κ1) is 13.3. The van der Waals surface area contributed by atoms with Gasteiger partial charge in [0.15, 0.2) is 0 Å². The van der Waals surface area contributed by atoms with Crippen LogP contribution in [0.15, 0.2) is 55.0 Å². The number of aromatic nitrogens is 3. The summed E-state index contributed by atoms with van der Waals surface area (Å²) >= 11 is 0. The van der Waals surface area contributed by atoms with Crippen LogP contribution in [-0.2, 0) is 13.1 Å². The van der Waals surface area contributed by atoms with Crippen LogP contribution in [0.1, 0.15) is 11.1 Å². The van der Waals surface area contributed by atoms with Gasteiger partial charge in [0.1, 0.15) is 5.75 Å². The second-order valence-corrected chi connectivity index (χ2v) is 4.74. The van der Waals surface area contributed by atoms with Crippen LogP contribution in [0.5, 0.6) is 5.75 Å². The Balaban J connectivity index is 1.67. The van der Waals surface area contributed by atoms with E-state index in [1.165, 1.54) is 0 Å². The topological polar surface area (TPSA) is 73.8 Å². The van der Waals surface area contributed by atoms with Gasteiger partial charge in [-0.2, -0.15) is 5.10 Å². The number of hydrogen-bond acceptors (Lipinski definition) is 4. The molecule has 0 aliphatic carbocycles. The van der Waals surface area contributed by atoms with Crippen LogP contribution >= 0.6 is 0 Å². The third kappa shape index (κ3) is 3.09. The number of nitrogens with one attached hydrogen (secondary N) is 2. The number of para-hydroxylation sites is 1. The fraction of sp³-hybridized carbons (Fsp3) is 0.125. The van der Waals surface area contributed by atoms with Crippen LogP contribution in [0.2, 0.25) is 0 Å². The van der Waals surface area contributed by atoms with Crippen LogP contribution in [0, 0.1) is 0 Å². The van der Waals surface area contributed by atoms with Gasteiger partial charge in [0.25, 0.3) is 0 Å². The van der Waals surface area contributed by atoms with E-state index in [2.05, 4.69) is 20.5 Å². The van der Waals surface area contributed by atoms with Gasteiger partial charge in [-0.25, -0.2) is 0 Å². The summed E-state index contributed by atoms with van der Waals surface area (Å²) in [4.78, 5) is 4.12. The maximum Gasteiger partial charge on any atom is 0.120 e. The summed E-state index contributed by atoms with van der Waals surface area (Å²) in [6.45, 7) is 1.26. The third-order valence-corrected chi connectivity index (χ3v) is 3.29. The molecule has 3 N–H and O–H groups in total. The molecular weight excluding hydrogens is 264 g/mol. The molecule has 3 rings (SSSR count). The first-order chi connectivity index (χ1) is 10.3. The molecule has 0 aliphatic heterocycles. The zero-order chi connectivity index (χ0) is 14.5. The number of pyridine rings is 1. The molecule has 1 aromatic carbocycles. The summed E-state index contributed by atoms with van der Waals surface area (Å²) in [5, 5.41) is 20.2. The van der Waals surface area contributed by atoms with E-state index in [0.29, 0.717) is 18.8 Å². The summed E-state index contributed by atoms with van der Waals surface area (Å²) < 4.78 is 0. The molecule has 21 heavy (non-hydrogen) atoms. The van der Waals surface area contributed by atoms with Crippen LogP contribution in [0.3, 0.4) is 0 Å². The standard InChI is InChI=1S/C16H16N4O/c21-15-6-2-1-4-12(15)8-18-10-14-11-19-20-16(14)13-5-3-7-17-9-13/h1-7,9,11,18,21H,8,10H2,(H,19,20). The Labute approximate surface area is 122 Å². The summed E-state index contributed by atoms with van der Waals surface area (Å²) in [5.41, 5.74) is 3.92. The van der Waals surface area contributed by atoms with Crippen LogP contribution in [0.25, 0.3) is 11.3 Å². The average Bonchev–Trinajstić information content (AvgIpc) is 2.99. The molecule has 2 aromatic heterocycles. The van der Waals surface area contributed by atoms with Gasteiger partial charge >= 0.3 is 0 Å². The van der Waals surface area contributed by atoms with Gasteiger partial charge in [-0.15, -0.1) is 0 Å². The van der Waals surface area contributed by atoms with Crippen molar-refractivity contribution in [1.82, 2.24) is 20.5 Å². The lowest BCUT2D eigenvalue weighted by molar-refractivity contribution is 0.464. The molecular formula is C16H16N4O. The van der Waals surface area contributed by atoms with Gasteiger partial charge in [0, 0.05) is 42.2 Å². The van der Waals surface area contributed by atoms with Crippen LogP contribution < -0.4 is 5.32 Å². The number of aromatic amines is 1. The number of H-pyrrole nitrogens is 1.